The second kappa shape index (κ2) is 9.33. The van der Waals surface area contributed by atoms with E-state index in [9.17, 15) is 26.9 Å². The number of nitrogens with one attached hydrogen (secondary N) is 1. The summed E-state index contributed by atoms with van der Waals surface area (Å²) >= 11 is -2.68. The van der Waals surface area contributed by atoms with E-state index >= 15 is 0 Å². The molecule has 1 unspecified atom stereocenters. The Balaban J connectivity index is 4.19. The van der Waals surface area contributed by atoms with E-state index in [1.807, 2.05) is 0 Å². The monoisotopic (exact) mass is 346 g/mol. The van der Waals surface area contributed by atoms with Gasteiger partial charge in [-0.15, -0.1) is 0 Å². The van der Waals surface area contributed by atoms with Gasteiger partial charge in [-0.3, -0.25) is 0 Å². The molecule has 0 fully saturated rings. The summed E-state index contributed by atoms with van der Waals surface area (Å²) in [6, 6.07) is 0. The van der Waals surface area contributed by atoms with Gasteiger partial charge in [0.15, 0.2) is 0 Å². The second-order valence-corrected chi connectivity index (χ2v) is 7.08. The Morgan fingerprint density at radius 1 is 1.42 bits per heavy atom. The zero-order valence-electron chi connectivity index (χ0n) is 10.3. The number of carbonyl (C=O) groups excluding carboxylic acids is 2. The molecule has 0 spiro atoms. The van der Waals surface area contributed by atoms with Crippen LogP contribution in [0.1, 0.15) is 25.7 Å². The number of carbonyl (C=O) groups is 2. The van der Waals surface area contributed by atoms with E-state index in [2.05, 4.69) is 5.32 Å². The van der Waals surface area contributed by atoms with Crippen molar-refractivity contribution < 1.29 is 26.9 Å². The van der Waals surface area contributed by atoms with Crippen molar-refractivity contribution in [3.8, 4) is 0 Å². The Kier molecular flexibility index (Phi) is 9.04. The SMILES string of the molecule is NCNC(=O)[C@@H](CCCCC(F)(F)F)C[As](O)C=O. The molecular formula is C10H18AsF3N2O3. The Bertz CT molecular complexity index is 290. The first-order valence-electron chi connectivity index (χ1n) is 5.75. The average Bonchev–Trinajstić information content (AvgIpc) is 2.31. The van der Waals surface area contributed by atoms with Crippen molar-refractivity contribution in [1.82, 2.24) is 5.32 Å². The summed E-state index contributed by atoms with van der Waals surface area (Å²) in [7, 11) is 0. The van der Waals surface area contributed by atoms with Gasteiger partial charge in [-0.2, -0.15) is 0 Å². The normalized spacial score (nSPS) is 14.8. The third-order valence-electron chi connectivity index (χ3n) is 2.44. The summed E-state index contributed by atoms with van der Waals surface area (Å²) in [5.74, 6) is -1.07. The van der Waals surface area contributed by atoms with Crippen LogP contribution in [0.5, 0.6) is 0 Å². The summed E-state index contributed by atoms with van der Waals surface area (Å²) in [6.45, 7) is -0.0859. The van der Waals surface area contributed by atoms with Crippen LogP contribution in [0.4, 0.5) is 13.2 Å². The zero-order valence-corrected chi connectivity index (χ0v) is 12.2. The first kappa shape index (κ1) is 18.4. The van der Waals surface area contributed by atoms with E-state index < -0.39 is 39.4 Å². The molecule has 0 aliphatic heterocycles. The molecule has 5 nitrogen and oxygen atoms in total. The van der Waals surface area contributed by atoms with Gasteiger partial charge in [-0.25, -0.2) is 0 Å². The fourth-order valence-corrected chi connectivity index (χ4v) is 3.39. The van der Waals surface area contributed by atoms with E-state index in [1.165, 1.54) is 0 Å². The van der Waals surface area contributed by atoms with Gasteiger partial charge in [0.1, 0.15) is 0 Å². The van der Waals surface area contributed by atoms with Crippen molar-refractivity contribution in [2.75, 3.05) is 6.67 Å². The molecule has 4 N–H and O–H groups in total. The fourth-order valence-electron chi connectivity index (χ4n) is 1.54. The van der Waals surface area contributed by atoms with Crippen LogP contribution in [0.25, 0.3) is 0 Å². The van der Waals surface area contributed by atoms with Gasteiger partial charge in [0.05, 0.1) is 0 Å². The summed E-state index contributed by atoms with van der Waals surface area (Å²) in [5, 5.41) is 2.82. The zero-order chi connectivity index (χ0) is 14.9. The van der Waals surface area contributed by atoms with E-state index in [0.717, 1.165) is 0 Å². The quantitative estimate of drug-likeness (QED) is 0.246. The molecule has 9 heteroatoms. The van der Waals surface area contributed by atoms with Crippen molar-refractivity contribution in [1.29, 1.82) is 0 Å². The first-order valence-corrected chi connectivity index (χ1v) is 9.00. The Morgan fingerprint density at radius 2 is 2.05 bits per heavy atom. The predicted molar refractivity (Wildman–Crippen MR) is 64.7 cm³/mol. The number of unbranched alkanes of at least 4 members (excludes halogenated alkanes) is 1. The molecule has 0 aliphatic carbocycles. The second-order valence-electron chi connectivity index (χ2n) is 4.03. The van der Waals surface area contributed by atoms with Gasteiger partial charge in [-0.1, -0.05) is 0 Å². The van der Waals surface area contributed by atoms with E-state index in [-0.39, 0.29) is 31.1 Å². The van der Waals surface area contributed by atoms with E-state index in [4.69, 9.17) is 5.73 Å². The van der Waals surface area contributed by atoms with Crippen LogP contribution in [0.3, 0.4) is 0 Å². The summed E-state index contributed by atoms with van der Waals surface area (Å²) < 4.78 is 45.2. The standard InChI is InChI=1S/C10H18AsF3N2O3/c12-10(13,14)4-2-1-3-8(5-11(19)6-17)9(18)16-7-15/h6,8,19H,1-5,7,15H2,(H,16,18)/t8-,11?/m0/s1. The topological polar surface area (TPSA) is 92.4 Å². The molecule has 0 radical (unpaired) electrons. The Labute approximate surface area is 114 Å². The summed E-state index contributed by atoms with van der Waals surface area (Å²) in [6.07, 6.45) is -4.75. The number of halogens is 3. The van der Waals surface area contributed by atoms with Crippen molar-refractivity contribution >= 4 is 26.0 Å². The van der Waals surface area contributed by atoms with Crippen LogP contribution in [-0.4, -0.2) is 42.9 Å². The summed E-state index contributed by atoms with van der Waals surface area (Å²) in [4.78, 5) is 22.0. The van der Waals surface area contributed by atoms with Crippen LogP contribution < -0.4 is 11.1 Å². The molecule has 19 heavy (non-hydrogen) atoms. The van der Waals surface area contributed by atoms with Crippen molar-refractivity contribution in [3.63, 3.8) is 0 Å². The molecular weight excluding hydrogens is 328 g/mol. The predicted octanol–water partition coefficient (Wildman–Crippen LogP) is 0.513. The average molecular weight is 346 g/mol. The number of rotatable bonds is 9. The van der Waals surface area contributed by atoms with Gasteiger partial charge < -0.3 is 0 Å². The fraction of sp³-hybridized carbons (Fsp3) is 0.800. The van der Waals surface area contributed by atoms with Crippen molar-refractivity contribution in [3.05, 3.63) is 0 Å². The summed E-state index contributed by atoms with van der Waals surface area (Å²) in [5.41, 5.74) is 5.14. The van der Waals surface area contributed by atoms with Crippen molar-refractivity contribution in [2.24, 2.45) is 11.7 Å². The van der Waals surface area contributed by atoms with Crippen LogP contribution in [0, 0.1) is 5.92 Å². The van der Waals surface area contributed by atoms with Gasteiger partial charge in [0.25, 0.3) is 0 Å². The molecule has 0 saturated heterocycles. The number of amides is 1. The van der Waals surface area contributed by atoms with Gasteiger partial charge in [0.2, 0.25) is 0 Å². The molecule has 1 amide bonds. The maximum absolute atomic E-state index is 11.9. The Hall–Kier alpha value is -0.592. The number of nitrogens with two attached hydrogens (primary N) is 1. The molecule has 0 aromatic carbocycles. The molecule has 2 atom stereocenters. The number of alkyl halides is 3. The van der Waals surface area contributed by atoms with E-state index in [0.29, 0.717) is 5.07 Å². The maximum atomic E-state index is 11.9. The minimum atomic E-state index is -4.20. The number of hydrogen-bond donors (Lipinski definition) is 3. The van der Waals surface area contributed by atoms with Gasteiger partial charge in [-0.05, 0) is 0 Å². The Morgan fingerprint density at radius 3 is 2.53 bits per heavy atom. The van der Waals surface area contributed by atoms with Gasteiger partial charge in [0, 0.05) is 0 Å². The molecule has 112 valence electrons. The van der Waals surface area contributed by atoms with Crippen molar-refractivity contribution in [2.45, 2.75) is 37.1 Å². The third-order valence-corrected chi connectivity index (χ3v) is 4.66. The molecule has 0 aromatic rings. The van der Waals surface area contributed by atoms with Crippen LogP contribution >= 0.6 is 0 Å². The number of hydrogen-bond acceptors (Lipinski definition) is 4. The molecule has 0 aliphatic rings. The molecule has 0 saturated carbocycles. The molecule has 0 bridgehead atoms. The molecule has 0 rings (SSSR count). The van der Waals surface area contributed by atoms with Crippen LogP contribution in [-0.2, 0) is 9.59 Å². The minimum absolute atomic E-state index is 0.0361. The molecule has 0 aromatic heterocycles. The molecule has 0 heterocycles. The van der Waals surface area contributed by atoms with Gasteiger partial charge >= 0.3 is 114 Å². The third kappa shape index (κ3) is 9.92. The van der Waals surface area contributed by atoms with Crippen LogP contribution in [0.15, 0.2) is 0 Å². The van der Waals surface area contributed by atoms with Crippen LogP contribution in [0.2, 0.25) is 5.21 Å². The van der Waals surface area contributed by atoms with E-state index in [1.54, 1.807) is 0 Å². The first-order chi connectivity index (χ1) is 8.80.